The number of ether oxygens (including phenoxy) is 1. The lowest BCUT2D eigenvalue weighted by atomic mass is 9.99. The first-order valence-corrected chi connectivity index (χ1v) is 8.01. The molecule has 1 unspecified atom stereocenters. The molecule has 0 spiro atoms. The molecule has 0 aliphatic carbocycles. The van der Waals surface area contributed by atoms with Crippen molar-refractivity contribution < 1.29 is 19.4 Å². The molecule has 128 valence electrons. The normalized spacial score (nSPS) is 22.8. The summed E-state index contributed by atoms with van der Waals surface area (Å²) in [6.07, 6.45) is 1.90. The van der Waals surface area contributed by atoms with Crippen LogP contribution in [0.15, 0.2) is 0 Å². The average Bonchev–Trinajstić information content (AvgIpc) is 2.70. The average molecular weight is 314 g/mol. The van der Waals surface area contributed by atoms with E-state index in [-0.39, 0.29) is 0 Å². The van der Waals surface area contributed by atoms with E-state index < -0.39 is 23.2 Å². The minimum Gasteiger partial charge on any atom is -0.479 e. The zero-order chi connectivity index (χ0) is 17.0. The Balaban J connectivity index is 2.59. The van der Waals surface area contributed by atoms with Crippen molar-refractivity contribution in [2.45, 2.75) is 65.0 Å². The van der Waals surface area contributed by atoms with Crippen molar-refractivity contribution in [1.29, 1.82) is 0 Å². The fourth-order valence-corrected chi connectivity index (χ4v) is 2.63. The molecule has 1 aliphatic rings. The van der Waals surface area contributed by atoms with Gasteiger partial charge in [0.15, 0.2) is 5.54 Å². The Hall–Kier alpha value is -1.30. The zero-order valence-corrected chi connectivity index (χ0v) is 14.4. The van der Waals surface area contributed by atoms with E-state index in [2.05, 4.69) is 24.1 Å². The molecule has 6 nitrogen and oxygen atoms in total. The number of alkyl carbamates (subject to hydrolysis) is 1. The van der Waals surface area contributed by atoms with Crippen LogP contribution in [0.25, 0.3) is 0 Å². The topological polar surface area (TPSA) is 78.9 Å². The van der Waals surface area contributed by atoms with Crippen molar-refractivity contribution in [1.82, 2.24) is 10.2 Å². The van der Waals surface area contributed by atoms with Gasteiger partial charge in [0.05, 0.1) is 0 Å². The van der Waals surface area contributed by atoms with E-state index in [0.29, 0.717) is 25.4 Å². The summed E-state index contributed by atoms with van der Waals surface area (Å²) in [6, 6.07) is 0. The number of hydrogen-bond donors (Lipinski definition) is 2. The summed E-state index contributed by atoms with van der Waals surface area (Å²) < 4.78 is 5.19. The first kappa shape index (κ1) is 18.7. The first-order chi connectivity index (χ1) is 10.0. The van der Waals surface area contributed by atoms with Crippen LogP contribution < -0.4 is 5.32 Å². The first-order valence-electron chi connectivity index (χ1n) is 8.01. The smallest absolute Gasteiger partial charge is 0.408 e. The number of aliphatic carboxylic acids is 1. The number of nitrogens with one attached hydrogen (secondary N) is 1. The highest BCUT2D eigenvalue weighted by atomic mass is 16.6. The number of carboxylic acids is 1. The van der Waals surface area contributed by atoms with Crippen molar-refractivity contribution in [3.63, 3.8) is 0 Å². The lowest BCUT2D eigenvalue weighted by Gasteiger charge is -2.28. The molecule has 0 radical (unpaired) electrons. The van der Waals surface area contributed by atoms with Crippen LogP contribution in [-0.2, 0) is 9.53 Å². The molecule has 0 bridgehead atoms. The number of carboxylic acid groups (broad SMARTS) is 1. The Morgan fingerprint density at radius 1 is 1.36 bits per heavy atom. The summed E-state index contributed by atoms with van der Waals surface area (Å²) >= 11 is 0. The highest BCUT2D eigenvalue weighted by Crippen LogP contribution is 2.23. The van der Waals surface area contributed by atoms with Crippen LogP contribution in [0.5, 0.6) is 0 Å². The molecule has 1 atom stereocenters. The molecule has 6 heteroatoms. The minimum absolute atomic E-state index is 0.333. The third-order valence-electron chi connectivity index (χ3n) is 3.75. The van der Waals surface area contributed by atoms with Crippen LogP contribution in [0.4, 0.5) is 4.79 Å². The van der Waals surface area contributed by atoms with Gasteiger partial charge in [0.25, 0.3) is 0 Å². The van der Waals surface area contributed by atoms with Crippen LogP contribution in [0, 0.1) is 5.92 Å². The van der Waals surface area contributed by atoms with Crippen LogP contribution in [0.3, 0.4) is 0 Å². The van der Waals surface area contributed by atoms with Gasteiger partial charge >= 0.3 is 12.1 Å². The molecule has 1 aliphatic heterocycles. The van der Waals surface area contributed by atoms with Gasteiger partial charge in [0.2, 0.25) is 0 Å². The third-order valence-corrected chi connectivity index (χ3v) is 3.75. The molecular weight excluding hydrogens is 284 g/mol. The molecule has 0 aromatic rings. The molecular formula is C16H30N2O4. The number of likely N-dealkylation sites (tertiary alicyclic amines) is 1. The quantitative estimate of drug-likeness (QED) is 0.787. The van der Waals surface area contributed by atoms with E-state index >= 15 is 0 Å². The maximum absolute atomic E-state index is 11.9. The summed E-state index contributed by atoms with van der Waals surface area (Å²) in [5.74, 6) is -0.351. The van der Waals surface area contributed by atoms with Gasteiger partial charge in [-0.3, -0.25) is 0 Å². The van der Waals surface area contributed by atoms with Crippen molar-refractivity contribution in [2.75, 3.05) is 19.6 Å². The van der Waals surface area contributed by atoms with Gasteiger partial charge in [-0.25, -0.2) is 9.59 Å². The molecule has 1 fully saturated rings. The summed E-state index contributed by atoms with van der Waals surface area (Å²) in [6.45, 7) is 11.5. The maximum Gasteiger partial charge on any atom is 0.408 e. The van der Waals surface area contributed by atoms with Gasteiger partial charge in [-0.1, -0.05) is 13.8 Å². The van der Waals surface area contributed by atoms with Crippen LogP contribution >= 0.6 is 0 Å². The summed E-state index contributed by atoms with van der Waals surface area (Å²) in [5.41, 5.74) is -1.88. The Kier molecular flexibility index (Phi) is 6.23. The Morgan fingerprint density at radius 2 is 2.00 bits per heavy atom. The van der Waals surface area contributed by atoms with Crippen LogP contribution in [-0.4, -0.2) is 52.8 Å². The molecule has 22 heavy (non-hydrogen) atoms. The second kappa shape index (κ2) is 7.31. The fraction of sp³-hybridized carbons (Fsp3) is 0.875. The number of amides is 1. The van der Waals surface area contributed by atoms with Gasteiger partial charge in [0, 0.05) is 13.1 Å². The number of nitrogens with zero attached hydrogens (tertiary/aromatic N) is 1. The van der Waals surface area contributed by atoms with Gasteiger partial charge in [-0.2, -0.15) is 0 Å². The van der Waals surface area contributed by atoms with Crippen molar-refractivity contribution in [3.05, 3.63) is 0 Å². The molecule has 1 rings (SSSR count). The number of rotatable bonds is 6. The summed E-state index contributed by atoms with van der Waals surface area (Å²) in [4.78, 5) is 25.7. The predicted molar refractivity (Wildman–Crippen MR) is 84.9 cm³/mol. The molecule has 0 saturated carbocycles. The highest BCUT2D eigenvalue weighted by Gasteiger charge is 2.46. The van der Waals surface area contributed by atoms with Crippen molar-refractivity contribution >= 4 is 12.1 Å². The number of carbonyl (C=O) groups is 2. The monoisotopic (exact) mass is 314 g/mol. The summed E-state index contributed by atoms with van der Waals surface area (Å²) in [5, 5.41) is 12.1. The molecule has 1 amide bonds. The van der Waals surface area contributed by atoms with E-state index in [9.17, 15) is 14.7 Å². The van der Waals surface area contributed by atoms with E-state index in [0.717, 1.165) is 19.4 Å². The maximum atomic E-state index is 11.9. The van der Waals surface area contributed by atoms with E-state index in [4.69, 9.17) is 4.74 Å². The number of hydrogen-bond acceptors (Lipinski definition) is 4. The lowest BCUT2D eigenvalue weighted by Crippen LogP contribution is -2.57. The van der Waals surface area contributed by atoms with Gasteiger partial charge in [-0.05, 0) is 52.5 Å². The zero-order valence-electron chi connectivity index (χ0n) is 14.4. The van der Waals surface area contributed by atoms with Crippen molar-refractivity contribution in [3.8, 4) is 0 Å². The van der Waals surface area contributed by atoms with Gasteiger partial charge < -0.3 is 20.1 Å². The third kappa shape index (κ3) is 5.83. The number of carbonyl (C=O) groups excluding carboxylic acids is 1. The highest BCUT2D eigenvalue weighted by molar-refractivity contribution is 5.85. The Labute approximate surface area is 133 Å². The molecule has 2 N–H and O–H groups in total. The fourth-order valence-electron chi connectivity index (χ4n) is 2.63. The lowest BCUT2D eigenvalue weighted by molar-refractivity contribution is -0.144. The van der Waals surface area contributed by atoms with Gasteiger partial charge in [-0.15, -0.1) is 0 Å². The molecule has 0 aromatic heterocycles. The van der Waals surface area contributed by atoms with E-state index in [1.54, 1.807) is 20.8 Å². The van der Waals surface area contributed by atoms with Gasteiger partial charge in [0.1, 0.15) is 5.60 Å². The summed E-state index contributed by atoms with van der Waals surface area (Å²) in [7, 11) is 0. The standard InChI is InChI=1S/C16H30N2O4/c1-12(2)7-6-9-18-10-8-16(11-18,13(19)20)17-14(21)22-15(3,4)5/h12H,6-11H2,1-5H3,(H,17,21)(H,19,20). The van der Waals surface area contributed by atoms with E-state index in [1.165, 1.54) is 0 Å². The predicted octanol–water partition coefficient (Wildman–Crippen LogP) is 2.48. The molecule has 0 aromatic carbocycles. The van der Waals surface area contributed by atoms with E-state index in [1.807, 2.05) is 0 Å². The second-order valence-electron chi connectivity index (χ2n) is 7.58. The Morgan fingerprint density at radius 3 is 2.50 bits per heavy atom. The SMILES string of the molecule is CC(C)CCCN1CCC(NC(=O)OC(C)(C)C)(C(=O)O)C1. The Bertz CT molecular complexity index is 403. The largest absolute Gasteiger partial charge is 0.479 e. The molecule has 1 saturated heterocycles. The van der Waals surface area contributed by atoms with Crippen molar-refractivity contribution in [2.24, 2.45) is 5.92 Å². The van der Waals surface area contributed by atoms with Crippen LogP contribution in [0.2, 0.25) is 0 Å². The molecule has 1 heterocycles. The second-order valence-corrected chi connectivity index (χ2v) is 7.58. The van der Waals surface area contributed by atoms with Crippen LogP contribution in [0.1, 0.15) is 53.9 Å². The minimum atomic E-state index is -1.24.